The quantitative estimate of drug-likeness (QED) is 0.528. The Balaban J connectivity index is 1.73. The second-order valence-electron chi connectivity index (χ2n) is 6.16. The summed E-state index contributed by atoms with van der Waals surface area (Å²) in [6, 6.07) is 10.4. The van der Waals surface area contributed by atoms with Crippen LogP contribution >= 0.6 is 0 Å². The fourth-order valence-electron chi connectivity index (χ4n) is 3.24. The fourth-order valence-corrected chi connectivity index (χ4v) is 3.24. The highest BCUT2D eigenvalue weighted by Gasteiger charge is 2.11. The van der Waals surface area contributed by atoms with Gasteiger partial charge in [0, 0.05) is 53.1 Å². The van der Waals surface area contributed by atoms with Gasteiger partial charge in [-0.1, -0.05) is 6.07 Å². The number of nitrogens with zero attached hydrogens (tertiary/aromatic N) is 4. The third-order valence-electron chi connectivity index (χ3n) is 4.47. The van der Waals surface area contributed by atoms with E-state index in [2.05, 4.69) is 51.2 Å². The van der Waals surface area contributed by atoms with Crippen molar-refractivity contribution in [2.75, 3.05) is 0 Å². The minimum absolute atomic E-state index is 0.904. The van der Waals surface area contributed by atoms with Crippen LogP contribution in [-0.4, -0.2) is 24.6 Å². The number of hydrogen-bond donors (Lipinski definition) is 1. The number of H-pyrrole nitrogens is 1. The molecule has 0 aliphatic carbocycles. The third kappa shape index (κ3) is 2.21. The molecule has 0 amide bonds. The van der Waals surface area contributed by atoms with Crippen LogP contribution in [0.1, 0.15) is 5.56 Å². The Labute approximate surface area is 144 Å². The van der Waals surface area contributed by atoms with E-state index < -0.39 is 0 Å². The number of aryl methyl sites for hydroxylation is 1. The van der Waals surface area contributed by atoms with E-state index in [0.29, 0.717) is 0 Å². The molecule has 5 heterocycles. The number of hydrogen-bond acceptors (Lipinski definition) is 3. The summed E-state index contributed by atoms with van der Waals surface area (Å²) >= 11 is 0. The van der Waals surface area contributed by atoms with Crippen molar-refractivity contribution in [3.05, 3.63) is 73.1 Å². The van der Waals surface area contributed by atoms with Crippen molar-refractivity contribution in [1.82, 2.24) is 24.6 Å². The zero-order chi connectivity index (χ0) is 16.8. The lowest BCUT2D eigenvalue weighted by Crippen LogP contribution is -1.87. The summed E-state index contributed by atoms with van der Waals surface area (Å²) in [6.45, 7) is 2.06. The molecule has 0 saturated heterocycles. The first kappa shape index (κ1) is 13.9. The fraction of sp³-hybridized carbons (Fsp3) is 0.0500. The number of rotatable bonds is 2. The zero-order valence-electron chi connectivity index (χ0n) is 13.6. The van der Waals surface area contributed by atoms with Crippen LogP contribution in [0, 0.1) is 6.92 Å². The van der Waals surface area contributed by atoms with Gasteiger partial charge < -0.3 is 4.98 Å². The predicted octanol–water partition coefficient (Wildman–Crippen LogP) is 4.25. The molecule has 0 atom stereocenters. The normalized spacial score (nSPS) is 11.4. The van der Waals surface area contributed by atoms with Crippen molar-refractivity contribution < 1.29 is 0 Å². The number of pyridine rings is 3. The second-order valence-corrected chi connectivity index (χ2v) is 6.16. The summed E-state index contributed by atoms with van der Waals surface area (Å²) in [6.07, 6.45) is 11.4. The average molecular weight is 325 g/mol. The van der Waals surface area contributed by atoms with Crippen molar-refractivity contribution in [1.29, 1.82) is 0 Å². The molecular formula is C20H15N5. The lowest BCUT2D eigenvalue weighted by atomic mass is 10.0. The molecule has 0 saturated carbocycles. The summed E-state index contributed by atoms with van der Waals surface area (Å²) in [7, 11) is 0. The molecular weight excluding hydrogens is 310 g/mol. The summed E-state index contributed by atoms with van der Waals surface area (Å²) < 4.78 is 1.89. The van der Waals surface area contributed by atoms with E-state index in [-0.39, 0.29) is 0 Å². The van der Waals surface area contributed by atoms with Gasteiger partial charge in [0.05, 0.1) is 11.7 Å². The van der Waals surface area contributed by atoms with Crippen molar-refractivity contribution in [2.24, 2.45) is 0 Å². The molecule has 0 unspecified atom stereocenters. The molecule has 5 aromatic rings. The highest BCUT2D eigenvalue weighted by molar-refractivity contribution is 5.95. The molecule has 0 bridgehead atoms. The first-order valence-corrected chi connectivity index (χ1v) is 8.11. The molecule has 0 aliphatic rings. The smallest absolute Gasteiger partial charge is 0.137 e. The summed E-state index contributed by atoms with van der Waals surface area (Å²) in [4.78, 5) is 11.9. The maximum absolute atomic E-state index is 4.46. The summed E-state index contributed by atoms with van der Waals surface area (Å²) in [5, 5.41) is 5.59. The minimum Gasteiger partial charge on any atom is -0.346 e. The molecule has 0 aliphatic heterocycles. The first-order valence-electron chi connectivity index (χ1n) is 8.11. The lowest BCUT2D eigenvalue weighted by molar-refractivity contribution is 0.962. The Morgan fingerprint density at radius 3 is 2.84 bits per heavy atom. The topological polar surface area (TPSA) is 58.9 Å². The van der Waals surface area contributed by atoms with Gasteiger partial charge in [-0.25, -0.2) is 9.50 Å². The van der Waals surface area contributed by atoms with Gasteiger partial charge >= 0.3 is 0 Å². The van der Waals surface area contributed by atoms with Gasteiger partial charge in [-0.3, -0.25) is 4.98 Å². The van der Waals surface area contributed by atoms with Crippen LogP contribution in [0.4, 0.5) is 0 Å². The maximum Gasteiger partial charge on any atom is 0.137 e. The predicted molar refractivity (Wildman–Crippen MR) is 98.2 cm³/mol. The van der Waals surface area contributed by atoms with Gasteiger partial charge in [0.25, 0.3) is 0 Å². The van der Waals surface area contributed by atoms with E-state index >= 15 is 0 Å². The SMILES string of the molecule is Cc1cnc2[nH]cc(-c3ccn4ncc(-c5cccnc5)c4c3)c2c1. The van der Waals surface area contributed by atoms with Crippen LogP contribution in [-0.2, 0) is 0 Å². The third-order valence-corrected chi connectivity index (χ3v) is 4.47. The van der Waals surface area contributed by atoms with E-state index in [1.54, 1.807) is 6.20 Å². The van der Waals surface area contributed by atoms with Gasteiger partial charge in [0.15, 0.2) is 0 Å². The van der Waals surface area contributed by atoms with E-state index in [1.165, 1.54) is 0 Å². The van der Waals surface area contributed by atoms with Crippen LogP contribution in [0.15, 0.2) is 67.5 Å². The largest absolute Gasteiger partial charge is 0.346 e. The van der Waals surface area contributed by atoms with E-state index in [4.69, 9.17) is 0 Å². The Kier molecular flexibility index (Phi) is 2.94. The molecule has 0 aromatic carbocycles. The van der Waals surface area contributed by atoms with Gasteiger partial charge in [0.2, 0.25) is 0 Å². The lowest BCUT2D eigenvalue weighted by Gasteiger charge is -2.04. The molecule has 1 N–H and O–H groups in total. The van der Waals surface area contributed by atoms with Crippen LogP contribution in [0.2, 0.25) is 0 Å². The van der Waals surface area contributed by atoms with Crippen molar-refractivity contribution in [3.8, 4) is 22.3 Å². The number of aromatic nitrogens is 5. The molecule has 25 heavy (non-hydrogen) atoms. The Bertz CT molecular complexity index is 1200. The van der Waals surface area contributed by atoms with E-state index in [9.17, 15) is 0 Å². The molecule has 0 fully saturated rings. The van der Waals surface area contributed by atoms with Gasteiger partial charge in [-0.15, -0.1) is 0 Å². The highest BCUT2D eigenvalue weighted by Crippen LogP contribution is 2.31. The average Bonchev–Trinajstić information content (AvgIpc) is 3.25. The first-order chi connectivity index (χ1) is 12.3. The maximum atomic E-state index is 4.46. The molecule has 5 rings (SSSR count). The summed E-state index contributed by atoms with van der Waals surface area (Å²) in [5.74, 6) is 0. The monoisotopic (exact) mass is 325 g/mol. The van der Waals surface area contributed by atoms with E-state index in [1.807, 2.05) is 41.6 Å². The zero-order valence-corrected chi connectivity index (χ0v) is 13.6. The molecule has 120 valence electrons. The van der Waals surface area contributed by atoms with Crippen LogP contribution in [0.25, 0.3) is 38.8 Å². The Hall–Kier alpha value is -3.47. The van der Waals surface area contributed by atoms with Crippen LogP contribution in [0.3, 0.4) is 0 Å². The minimum atomic E-state index is 0.904. The standard InChI is InChI=1S/C20H15N5/c1-13-7-16-17(11-23-20(16)22-9-13)14-4-6-25-19(8-14)18(12-24-25)15-3-2-5-21-10-15/h2-12H,1H3,(H,22,23). The van der Waals surface area contributed by atoms with Gasteiger partial charge in [-0.2, -0.15) is 5.10 Å². The van der Waals surface area contributed by atoms with Crippen molar-refractivity contribution in [3.63, 3.8) is 0 Å². The Morgan fingerprint density at radius 2 is 1.96 bits per heavy atom. The van der Waals surface area contributed by atoms with Crippen molar-refractivity contribution >= 4 is 16.6 Å². The van der Waals surface area contributed by atoms with E-state index in [0.717, 1.165) is 44.4 Å². The molecule has 0 radical (unpaired) electrons. The van der Waals surface area contributed by atoms with Crippen LogP contribution < -0.4 is 0 Å². The number of fused-ring (bicyclic) bond motifs is 2. The second kappa shape index (κ2) is 5.27. The molecule has 5 nitrogen and oxygen atoms in total. The van der Waals surface area contributed by atoms with Crippen molar-refractivity contribution in [2.45, 2.75) is 6.92 Å². The molecule has 5 aromatic heterocycles. The number of nitrogens with one attached hydrogen (secondary N) is 1. The van der Waals surface area contributed by atoms with Gasteiger partial charge in [-0.05, 0) is 42.3 Å². The van der Waals surface area contributed by atoms with Crippen LogP contribution in [0.5, 0.6) is 0 Å². The highest BCUT2D eigenvalue weighted by atomic mass is 15.2. The molecule has 5 heteroatoms. The number of aromatic amines is 1. The molecule has 0 spiro atoms. The van der Waals surface area contributed by atoms with Gasteiger partial charge in [0.1, 0.15) is 5.65 Å². The Morgan fingerprint density at radius 1 is 1.00 bits per heavy atom. The summed E-state index contributed by atoms with van der Waals surface area (Å²) in [5.41, 5.74) is 7.52.